The summed E-state index contributed by atoms with van der Waals surface area (Å²) in [5.41, 5.74) is 5.88. The third-order valence-corrected chi connectivity index (χ3v) is 5.63. The van der Waals surface area contributed by atoms with Gasteiger partial charge in [0.1, 0.15) is 5.75 Å². The van der Waals surface area contributed by atoms with Gasteiger partial charge >= 0.3 is 0 Å². The number of nitrogens with one attached hydrogen (secondary N) is 3. The quantitative estimate of drug-likeness (QED) is 0.367. The Bertz CT molecular complexity index is 678. The van der Waals surface area contributed by atoms with E-state index in [4.69, 9.17) is 17.0 Å². The summed E-state index contributed by atoms with van der Waals surface area (Å²) in [6, 6.07) is 7.27. The van der Waals surface area contributed by atoms with Gasteiger partial charge in [0, 0.05) is 24.4 Å². The maximum atomic E-state index is 12.2. The molecule has 0 radical (unpaired) electrons. The molecular formula is C21H31N3O3S. The Morgan fingerprint density at radius 2 is 1.82 bits per heavy atom. The van der Waals surface area contributed by atoms with E-state index < -0.39 is 0 Å². The van der Waals surface area contributed by atoms with E-state index in [2.05, 4.69) is 30.0 Å². The molecule has 1 aliphatic carbocycles. The highest BCUT2D eigenvalue weighted by Gasteiger charge is 2.27. The van der Waals surface area contributed by atoms with Crippen LogP contribution in [0.1, 0.15) is 63.2 Å². The van der Waals surface area contributed by atoms with Crippen molar-refractivity contribution in [2.24, 2.45) is 11.8 Å². The fourth-order valence-electron chi connectivity index (χ4n) is 3.45. The first-order chi connectivity index (χ1) is 13.4. The Morgan fingerprint density at radius 1 is 1.11 bits per heavy atom. The number of hydrogen-bond acceptors (Lipinski definition) is 4. The molecule has 2 rings (SSSR count). The molecule has 1 aliphatic rings. The Morgan fingerprint density at radius 3 is 2.50 bits per heavy atom. The minimum atomic E-state index is -0.270. The Kier molecular flexibility index (Phi) is 8.70. The molecular weight excluding hydrogens is 374 g/mol. The molecule has 1 saturated carbocycles. The van der Waals surface area contributed by atoms with Crippen molar-refractivity contribution < 1.29 is 14.3 Å². The van der Waals surface area contributed by atoms with Gasteiger partial charge in [-0.05, 0) is 61.7 Å². The highest BCUT2D eigenvalue weighted by atomic mass is 32.1. The SMILES string of the molecule is CCOc1ccc(C(=O)CCC(=O)NNC(=S)N[C@H]2CCC[C@H](C)[C@@H]2C)cc1. The molecule has 1 aromatic rings. The third kappa shape index (κ3) is 6.78. The third-order valence-electron chi connectivity index (χ3n) is 5.41. The topological polar surface area (TPSA) is 79.5 Å². The number of hydrazine groups is 1. The van der Waals surface area contributed by atoms with Crippen molar-refractivity contribution in [3.8, 4) is 5.75 Å². The summed E-state index contributed by atoms with van der Waals surface area (Å²) >= 11 is 5.28. The second-order valence-corrected chi connectivity index (χ2v) is 7.81. The number of ketones is 1. The Labute approximate surface area is 172 Å². The fraction of sp³-hybridized carbons (Fsp3) is 0.571. The molecule has 28 heavy (non-hydrogen) atoms. The monoisotopic (exact) mass is 405 g/mol. The molecule has 6 nitrogen and oxygen atoms in total. The summed E-state index contributed by atoms with van der Waals surface area (Å²) in [6.07, 6.45) is 3.75. The molecule has 0 aliphatic heterocycles. The van der Waals surface area contributed by atoms with Gasteiger partial charge in [0.15, 0.2) is 10.9 Å². The maximum Gasteiger partial charge on any atom is 0.238 e. The molecule has 1 fully saturated rings. The van der Waals surface area contributed by atoms with Crippen molar-refractivity contribution in [1.82, 2.24) is 16.2 Å². The van der Waals surface area contributed by atoms with Crippen molar-refractivity contribution in [3.05, 3.63) is 29.8 Å². The number of Topliss-reactive ketones (excluding diaryl/α,β-unsaturated/α-hetero) is 1. The number of hydrogen-bond donors (Lipinski definition) is 3. The Balaban J connectivity index is 1.69. The number of benzene rings is 1. The van der Waals surface area contributed by atoms with Crippen LogP contribution in [0.2, 0.25) is 0 Å². The summed E-state index contributed by atoms with van der Waals surface area (Å²) in [5.74, 6) is 1.58. The standard InChI is InChI=1S/C21H31N3O3S/c1-4-27-17-10-8-16(9-11-17)19(25)12-13-20(26)23-24-21(28)22-18-7-5-6-14(2)15(18)3/h8-11,14-15,18H,4-7,12-13H2,1-3H3,(H,23,26)(H2,22,24,28)/t14-,15-,18-/m0/s1. The van der Waals surface area contributed by atoms with Gasteiger partial charge in [-0.1, -0.05) is 26.7 Å². The average Bonchev–Trinajstić information content (AvgIpc) is 2.69. The zero-order valence-corrected chi connectivity index (χ0v) is 17.7. The Hall–Kier alpha value is -2.15. The van der Waals surface area contributed by atoms with E-state index in [0.717, 1.165) is 12.2 Å². The van der Waals surface area contributed by atoms with Crippen LogP contribution in [0.4, 0.5) is 0 Å². The number of thiocarbonyl (C=S) groups is 1. The van der Waals surface area contributed by atoms with Crippen molar-refractivity contribution in [3.63, 3.8) is 0 Å². The molecule has 1 aromatic carbocycles. The minimum Gasteiger partial charge on any atom is -0.494 e. The van der Waals surface area contributed by atoms with E-state index >= 15 is 0 Å². The van der Waals surface area contributed by atoms with E-state index in [1.54, 1.807) is 24.3 Å². The lowest BCUT2D eigenvalue weighted by Gasteiger charge is -2.35. The first kappa shape index (κ1) is 22.1. The smallest absolute Gasteiger partial charge is 0.238 e. The van der Waals surface area contributed by atoms with Crippen LogP contribution in [-0.4, -0.2) is 29.5 Å². The summed E-state index contributed by atoms with van der Waals surface area (Å²) in [4.78, 5) is 24.2. The predicted molar refractivity (Wildman–Crippen MR) is 114 cm³/mol. The zero-order chi connectivity index (χ0) is 20.5. The molecule has 3 atom stereocenters. The molecule has 154 valence electrons. The second-order valence-electron chi connectivity index (χ2n) is 7.40. The van der Waals surface area contributed by atoms with Gasteiger partial charge in [-0.3, -0.25) is 20.4 Å². The van der Waals surface area contributed by atoms with Gasteiger partial charge in [-0.2, -0.15) is 0 Å². The van der Waals surface area contributed by atoms with Crippen LogP contribution in [0.15, 0.2) is 24.3 Å². The maximum absolute atomic E-state index is 12.2. The van der Waals surface area contributed by atoms with Crippen LogP contribution in [0.3, 0.4) is 0 Å². The molecule has 0 unspecified atom stereocenters. The molecule has 0 heterocycles. The van der Waals surface area contributed by atoms with Crippen LogP contribution in [0, 0.1) is 11.8 Å². The molecule has 0 saturated heterocycles. The second kappa shape index (κ2) is 11.0. The minimum absolute atomic E-state index is 0.0797. The summed E-state index contributed by atoms with van der Waals surface area (Å²) in [6.45, 7) is 6.98. The van der Waals surface area contributed by atoms with Crippen LogP contribution < -0.4 is 20.9 Å². The highest BCUT2D eigenvalue weighted by Crippen LogP contribution is 2.29. The van der Waals surface area contributed by atoms with Gasteiger partial charge in [-0.25, -0.2) is 0 Å². The van der Waals surface area contributed by atoms with E-state index in [1.807, 2.05) is 6.92 Å². The van der Waals surface area contributed by atoms with Crippen LogP contribution >= 0.6 is 12.2 Å². The van der Waals surface area contributed by atoms with Crippen LogP contribution in [0.5, 0.6) is 5.75 Å². The number of carbonyl (C=O) groups is 2. The first-order valence-corrected chi connectivity index (χ1v) is 10.4. The lowest BCUT2D eigenvalue weighted by molar-refractivity contribution is -0.121. The summed E-state index contributed by atoms with van der Waals surface area (Å²) in [7, 11) is 0. The molecule has 0 spiro atoms. The van der Waals surface area contributed by atoms with Crippen molar-refractivity contribution in [2.75, 3.05) is 6.61 Å². The number of ether oxygens (including phenoxy) is 1. The van der Waals surface area contributed by atoms with E-state index in [-0.39, 0.29) is 24.5 Å². The number of amides is 1. The van der Waals surface area contributed by atoms with E-state index in [0.29, 0.717) is 35.2 Å². The zero-order valence-electron chi connectivity index (χ0n) is 16.9. The van der Waals surface area contributed by atoms with Crippen molar-refractivity contribution in [1.29, 1.82) is 0 Å². The number of carbonyl (C=O) groups excluding carboxylic acids is 2. The van der Waals surface area contributed by atoms with Crippen molar-refractivity contribution >= 4 is 29.0 Å². The van der Waals surface area contributed by atoms with Gasteiger partial charge in [0.2, 0.25) is 5.91 Å². The largest absolute Gasteiger partial charge is 0.494 e. The average molecular weight is 406 g/mol. The summed E-state index contributed by atoms with van der Waals surface area (Å²) < 4.78 is 5.36. The molecule has 7 heteroatoms. The predicted octanol–water partition coefficient (Wildman–Crippen LogP) is 3.37. The molecule has 0 bridgehead atoms. The van der Waals surface area contributed by atoms with Gasteiger partial charge in [0.25, 0.3) is 0 Å². The van der Waals surface area contributed by atoms with Crippen molar-refractivity contribution in [2.45, 2.75) is 58.9 Å². The highest BCUT2D eigenvalue weighted by molar-refractivity contribution is 7.80. The lowest BCUT2D eigenvalue weighted by Crippen LogP contribution is -2.52. The van der Waals surface area contributed by atoms with Gasteiger partial charge < -0.3 is 10.1 Å². The molecule has 3 N–H and O–H groups in total. The van der Waals surface area contributed by atoms with Gasteiger partial charge in [-0.15, -0.1) is 0 Å². The lowest BCUT2D eigenvalue weighted by atomic mass is 9.78. The van der Waals surface area contributed by atoms with Crippen LogP contribution in [0.25, 0.3) is 0 Å². The van der Waals surface area contributed by atoms with E-state index in [1.165, 1.54) is 12.8 Å². The van der Waals surface area contributed by atoms with Gasteiger partial charge in [0.05, 0.1) is 6.61 Å². The summed E-state index contributed by atoms with van der Waals surface area (Å²) in [5, 5.41) is 3.70. The number of rotatable bonds is 7. The fourth-order valence-corrected chi connectivity index (χ4v) is 3.66. The molecule has 0 aromatic heterocycles. The first-order valence-electron chi connectivity index (χ1n) is 10.0. The molecule has 1 amide bonds. The van der Waals surface area contributed by atoms with Crippen LogP contribution in [-0.2, 0) is 4.79 Å². The van der Waals surface area contributed by atoms with E-state index in [9.17, 15) is 9.59 Å². The normalized spacial score (nSPS) is 21.5.